The molecule has 12 heteroatoms. The first kappa shape index (κ1) is 23.5. The normalized spacial score (nSPS) is 24.0. The average Bonchev–Trinajstić information content (AvgIpc) is 3.38. The number of imide groups is 1. The monoisotopic (exact) mass is 489 g/mol. The molecule has 186 valence electrons. The van der Waals surface area contributed by atoms with E-state index in [9.17, 15) is 20.0 Å². The van der Waals surface area contributed by atoms with E-state index in [0.29, 0.717) is 29.4 Å². The number of urea groups is 1. The summed E-state index contributed by atoms with van der Waals surface area (Å²) < 4.78 is 1.42. The minimum Gasteiger partial charge on any atom is -0.391 e. The maximum absolute atomic E-state index is 12.9. The molecule has 3 aromatic rings. The molecule has 3 amide bonds. The van der Waals surface area contributed by atoms with Crippen molar-refractivity contribution in [1.29, 1.82) is 5.26 Å². The SMILES string of the molecule is CCC1(C)NC(=O)N(c2cccc(Nc3cc(N[C@@H]4CCCC[C@H]4O)nn4c(C#N)cnc34)n2)C1=O. The highest BCUT2D eigenvalue weighted by atomic mass is 16.3. The van der Waals surface area contributed by atoms with Crippen molar-refractivity contribution in [3.8, 4) is 6.07 Å². The number of imidazole rings is 1. The largest absolute Gasteiger partial charge is 0.391 e. The topological polar surface area (TPSA) is 161 Å². The lowest BCUT2D eigenvalue weighted by molar-refractivity contribution is -0.121. The molecule has 2 fully saturated rings. The molecule has 2 aliphatic rings. The van der Waals surface area contributed by atoms with Gasteiger partial charge in [-0.25, -0.2) is 19.7 Å². The maximum atomic E-state index is 12.9. The van der Waals surface area contributed by atoms with Crippen LogP contribution in [0.3, 0.4) is 0 Å². The Morgan fingerprint density at radius 2 is 2.08 bits per heavy atom. The van der Waals surface area contributed by atoms with Crippen molar-refractivity contribution < 1.29 is 14.7 Å². The van der Waals surface area contributed by atoms with Crippen molar-refractivity contribution >= 4 is 40.7 Å². The molecule has 3 aromatic heterocycles. The molecule has 1 unspecified atom stereocenters. The quantitative estimate of drug-likeness (QED) is 0.382. The molecule has 12 nitrogen and oxygen atoms in total. The van der Waals surface area contributed by atoms with Crippen molar-refractivity contribution in [2.24, 2.45) is 0 Å². The number of carbonyl (C=O) groups is 2. The molecule has 36 heavy (non-hydrogen) atoms. The van der Waals surface area contributed by atoms with Crippen molar-refractivity contribution in [2.45, 2.75) is 63.6 Å². The molecule has 4 heterocycles. The van der Waals surface area contributed by atoms with Gasteiger partial charge >= 0.3 is 6.03 Å². The summed E-state index contributed by atoms with van der Waals surface area (Å²) in [6.07, 6.45) is 4.91. The van der Waals surface area contributed by atoms with Crippen molar-refractivity contribution in [2.75, 3.05) is 15.5 Å². The lowest BCUT2D eigenvalue weighted by atomic mass is 9.92. The number of aliphatic hydroxyl groups is 1. The number of nitriles is 1. The number of pyridine rings is 1. The Balaban J connectivity index is 1.48. The molecule has 0 radical (unpaired) electrons. The molecule has 4 N–H and O–H groups in total. The maximum Gasteiger partial charge on any atom is 0.330 e. The highest BCUT2D eigenvalue weighted by Gasteiger charge is 2.47. The Morgan fingerprint density at radius 1 is 1.28 bits per heavy atom. The van der Waals surface area contributed by atoms with Gasteiger partial charge in [-0.1, -0.05) is 25.8 Å². The number of nitrogens with zero attached hydrogens (tertiary/aromatic N) is 6. The molecule has 1 saturated heterocycles. The predicted octanol–water partition coefficient (Wildman–Crippen LogP) is 2.68. The van der Waals surface area contributed by atoms with Gasteiger partial charge in [-0.15, -0.1) is 5.10 Å². The van der Waals surface area contributed by atoms with Crippen LogP contribution in [0.15, 0.2) is 30.5 Å². The fourth-order valence-electron chi connectivity index (χ4n) is 4.56. The van der Waals surface area contributed by atoms with Crippen LogP contribution in [0.25, 0.3) is 5.65 Å². The number of aliphatic hydroxyl groups excluding tert-OH is 1. The zero-order chi connectivity index (χ0) is 25.4. The van der Waals surface area contributed by atoms with Gasteiger partial charge in [0.25, 0.3) is 5.91 Å². The van der Waals surface area contributed by atoms with Gasteiger partial charge in [0.1, 0.15) is 29.1 Å². The van der Waals surface area contributed by atoms with Crippen LogP contribution < -0.4 is 20.9 Å². The second kappa shape index (κ2) is 9.09. The van der Waals surface area contributed by atoms with E-state index in [1.165, 1.54) is 10.7 Å². The van der Waals surface area contributed by atoms with Gasteiger partial charge in [0, 0.05) is 6.07 Å². The highest BCUT2D eigenvalue weighted by Crippen LogP contribution is 2.29. The summed E-state index contributed by atoms with van der Waals surface area (Å²) in [7, 11) is 0. The summed E-state index contributed by atoms with van der Waals surface area (Å²) in [6.45, 7) is 3.52. The molecule has 0 spiro atoms. The van der Waals surface area contributed by atoms with Crippen molar-refractivity contribution in [1.82, 2.24) is 24.9 Å². The van der Waals surface area contributed by atoms with E-state index in [1.807, 2.05) is 6.92 Å². The van der Waals surface area contributed by atoms with Gasteiger partial charge < -0.3 is 21.1 Å². The first-order chi connectivity index (χ1) is 17.3. The van der Waals surface area contributed by atoms with Crippen LogP contribution in [0.5, 0.6) is 0 Å². The van der Waals surface area contributed by atoms with E-state index < -0.39 is 17.7 Å². The summed E-state index contributed by atoms with van der Waals surface area (Å²) in [4.78, 5) is 35.3. The zero-order valence-electron chi connectivity index (χ0n) is 20.0. The lowest BCUT2D eigenvalue weighted by Crippen LogP contribution is -2.43. The van der Waals surface area contributed by atoms with Crippen LogP contribution in [-0.2, 0) is 4.79 Å². The minimum absolute atomic E-state index is 0.153. The number of nitrogens with one attached hydrogen (secondary N) is 3. The number of aromatic nitrogens is 4. The smallest absolute Gasteiger partial charge is 0.330 e. The predicted molar refractivity (Wildman–Crippen MR) is 132 cm³/mol. The summed E-state index contributed by atoms with van der Waals surface area (Å²) in [6, 6.07) is 8.12. The molecular formula is C24H27N9O3. The van der Waals surface area contributed by atoms with Crippen LogP contribution in [-0.4, -0.2) is 54.3 Å². The summed E-state index contributed by atoms with van der Waals surface area (Å²) in [5.74, 6) is 0.663. The van der Waals surface area contributed by atoms with E-state index in [4.69, 9.17) is 0 Å². The Hall–Kier alpha value is -4.24. The lowest BCUT2D eigenvalue weighted by Gasteiger charge is -2.28. The summed E-state index contributed by atoms with van der Waals surface area (Å²) in [5.41, 5.74) is 0.190. The summed E-state index contributed by atoms with van der Waals surface area (Å²) >= 11 is 0. The van der Waals surface area contributed by atoms with E-state index in [-0.39, 0.29) is 23.5 Å². The molecule has 1 aliphatic heterocycles. The van der Waals surface area contributed by atoms with Crippen LogP contribution in [0.1, 0.15) is 51.6 Å². The van der Waals surface area contributed by atoms with E-state index >= 15 is 0 Å². The fourth-order valence-corrected chi connectivity index (χ4v) is 4.56. The molecule has 1 saturated carbocycles. The Kier molecular flexibility index (Phi) is 5.93. The van der Waals surface area contributed by atoms with Gasteiger partial charge in [0.05, 0.1) is 24.0 Å². The molecule has 1 aliphatic carbocycles. The van der Waals surface area contributed by atoms with Crippen LogP contribution in [0.4, 0.5) is 27.9 Å². The third-order valence-electron chi connectivity index (χ3n) is 6.84. The van der Waals surface area contributed by atoms with Gasteiger partial charge in [0.15, 0.2) is 11.3 Å². The van der Waals surface area contributed by atoms with Gasteiger partial charge in [0.2, 0.25) is 0 Å². The van der Waals surface area contributed by atoms with Gasteiger partial charge in [-0.05, 0) is 38.3 Å². The Morgan fingerprint density at radius 3 is 2.81 bits per heavy atom. The average molecular weight is 490 g/mol. The number of hydrogen-bond donors (Lipinski definition) is 4. The van der Waals surface area contributed by atoms with Gasteiger partial charge in [-0.3, -0.25) is 4.79 Å². The summed E-state index contributed by atoms with van der Waals surface area (Å²) in [5, 5.41) is 33.6. The van der Waals surface area contributed by atoms with Crippen molar-refractivity contribution in [3.63, 3.8) is 0 Å². The number of fused-ring (bicyclic) bond motifs is 1. The zero-order valence-corrected chi connectivity index (χ0v) is 20.0. The number of hydrogen-bond acceptors (Lipinski definition) is 9. The molecule has 0 aromatic carbocycles. The third-order valence-corrected chi connectivity index (χ3v) is 6.84. The first-order valence-corrected chi connectivity index (χ1v) is 12.0. The first-order valence-electron chi connectivity index (χ1n) is 12.0. The number of anilines is 4. The molecule has 0 bridgehead atoms. The van der Waals surface area contributed by atoms with Crippen LogP contribution in [0, 0.1) is 11.3 Å². The number of rotatable bonds is 6. The van der Waals surface area contributed by atoms with E-state index in [2.05, 4.69) is 37.1 Å². The second-order valence-electron chi connectivity index (χ2n) is 9.30. The van der Waals surface area contributed by atoms with Crippen molar-refractivity contribution in [3.05, 3.63) is 36.2 Å². The third kappa shape index (κ3) is 4.07. The van der Waals surface area contributed by atoms with E-state index in [1.54, 1.807) is 31.2 Å². The van der Waals surface area contributed by atoms with Gasteiger partial charge in [-0.2, -0.15) is 9.78 Å². The molecule has 3 atom stereocenters. The Bertz CT molecular complexity index is 1380. The number of carbonyl (C=O) groups excluding carboxylic acids is 2. The minimum atomic E-state index is -0.979. The molecular weight excluding hydrogens is 462 g/mol. The number of amides is 3. The highest BCUT2D eigenvalue weighted by molar-refractivity contribution is 6.22. The van der Waals surface area contributed by atoms with E-state index in [0.717, 1.165) is 30.6 Å². The molecule has 5 rings (SSSR count). The fraction of sp³-hybridized carbons (Fsp3) is 0.417. The van der Waals surface area contributed by atoms with Crippen LogP contribution >= 0.6 is 0 Å². The standard InChI is InChI=1S/C24H27N9O3/c1-3-24(2)22(35)32(23(36)30-24)20-10-6-9-18(29-20)28-16-11-19(27-15-7-4-5-8-17(15)34)31-33-14(12-25)13-26-21(16)33/h6,9-11,13,15,17,34H,3-5,7-8H2,1-2H3,(H,27,31)(H,28,29)(H,30,36)/t15-,17-,24?/m1/s1. The Labute approximate surface area is 207 Å². The second-order valence-corrected chi connectivity index (χ2v) is 9.30. The van der Waals surface area contributed by atoms with Crippen LogP contribution in [0.2, 0.25) is 0 Å².